The van der Waals surface area contributed by atoms with E-state index in [1.807, 2.05) is 19.1 Å². The fraction of sp³-hybridized carbons (Fsp3) is 0.500. The molecule has 0 radical (unpaired) electrons. The molecule has 0 aliphatic heterocycles. The Morgan fingerprint density at radius 2 is 1.69 bits per heavy atom. The van der Waals surface area contributed by atoms with Crippen LogP contribution in [-0.4, -0.2) is 19.5 Å². The Labute approximate surface area is 106 Å². The molecule has 0 saturated carbocycles. The third kappa shape index (κ3) is 4.26. The van der Waals surface area contributed by atoms with Gasteiger partial charge in [0, 0.05) is 5.33 Å². The predicted octanol–water partition coefficient (Wildman–Crippen LogP) is 3.33. The second kappa shape index (κ2) is 6.40. The van der Waals surface area contributed by atoms with Crippen molar-refractivity contribution in [2.75, 3.05) is 11.1 Å². The van der Waals surface area contributed by atoms with Gasteiger partial charge in [0.1, 0.15) is 0 Å². The molecule has 0 N–H and O–H groups in total. The summed E-state index contributed by atoms with van der Waals surface area (Å²) in [6.07, 6.45) is 2.72. The van der Waals surface area contributed by atoms with Crippen molar-refractivity contribution in [2.24, 2.45) is 0 Å². The van der Waals surface area contributed by atoms with Gasteiger partial charge in [-0.3, -0.25) is 0 Å². The van der Waals surface area contributed by atoms with Crippen LogP contribution >= 0.6 is 15.9 Å². The lowest BCUT2D eigenvalue weighted by molar-refractivity contribution is 0.591. The van der Waals surface area contributed by atoms with Gasteiger partial charge in [0.25, 0.3) is 0 Å². The average molecular weight is 305 g/mol. The van der Waals surface area contributed by atoms with Crippen LogP contribution in [0.15, 0.2) is 29.2 Å². The quantitative estimate of drug-likeness (QED) is 0.597. The first-order chi connectivity index (χ1) is 7.56. The maximum atomic E-state index is 11.9. The van der Waals surface area contributed by atoms with Gasteiger partial charge in [0.05, 0.1) is 10.6 Å². The molecular formula is C12H17BrO2S. The maximum Gasteiger partial charge on any atom is 0.178 e. The maximum absolute atomic E-state index is 11.9. The Bertz CT molecular complexity index is 409. The van der Waals surface area contributed by atoms with Crippen LogP contribution in [0.2, 0.25) is 0 Å². The van der Waals surface area contributed by atoms with Crippen molar-refractivity contribution in [1.29, 1.82) is 0 Å². The summed E-state index contributed by atoms with van der Waals surface area (Å²) in [6.45, 7) is 1.95. The molecule has 1 aromatic carbocycles. The van der Waals surface area contributed by atoms with Crippen molar-refractivity contribution >= 4 is 25.8 Å². The molecule has 0 heterocycles. The van der Waals surface area contributed by atoms with Crippen molar-refractivity contribution < 1.29 is 8.42 Å². The minimum absolute atomic E-state index is 0.253. The zero-order valence-corrected chi connectivity index (χ0v) is 11.9. The van der Waals surface area contributed by atoms with Gasteiger partial charge in [0.15, 0.2) is 9.84 Å². The Balaban J connectivity index is 2.60. The second-order valence-electron chi connectivity index (χ2n) is 3.88. The van der Waals surface area contributed by atoms with Crippen LogP contribution in [0, 0.1) is 6.92 Å². The number of sulfone groups is 1. The van der Waals surface area contributed by atoms with Crippen LogP contribution in [0.25, 0.3) is 0 Å². The highest BCUT2D eigenvalue weighted by atomic mass is 79.9. The molecule has 0 bridgehead atoms. The smallest absolute Gasteiger partial charge is 0.178 e. The second-order valence-corrected chi connectivity index (χ2v) is 6.78. The van der Waals surface area contributed by atoms with E-state index in [-0.39, 0.29) is 5.75 Å². The van der Waals surface area contributed by atoms with E-state index in [1.54, 1.807) is 12.1 Å². The summed E-state index contributed by atoms with van der Waals surface area (Å²) in [4.78, 5) is 0.442. The van der Waals surface area contributed by atoms with Gasteiger partial charge in [-0.15, -0.1) is 0 Å². The van der Waals surface area contributed by atoms with E-state index in [2.05, 4.69) is 15.9 Å². The van der Waals surface area contributed by atoms with Gasteiger partial charge < -0.3 is 0 Å². The fourth-order valence-electron chi connectivity index (χ4n) is 1.43. The van der Waals surface area contributed by atoms with E-state index in [4.69, 9.17) is 0 Å². The molecule has 1 aromatic rings. The largest absolute Gasteiger partial charge is 0.224 e. The molecule has 0 aliphatic rings. The number of alkyl halides is 1. The topological polar surface area (TPSA) is 34.1 Å². The highest BCUT2D eigenvalue weighted by Gasteiger charge is 2.12. The molecule has 0 saturated heterocycles. The third-order valence-corrected chi connectivity index (χ3v) is 4.80. The molecule has 0 aromatic heterocycles. The van der Waals surface area contributed by atoms with Gasteiger partial charge in [-0.2, -0.15) is 0 Å². The normalized spacial score (nSPS) is 11.6. The molecule has 16 heavy (non-hydrogen) atoms. The highest BCUT2D eigenvalue weighted by Crippen LogP contribution is 2.14. The van der Waals surface area contributed by atoms with E-state index in [1.165, 1.54) is 0 Å². The average Bonchev–Trinajstić information content (AvgIpc) is 2.25. The van der Waals surface area contributed by atoms with Crippen LogP contribution in [0.3, 0.4) is 0 Å². The van der Waals surface area contributed by atoms with Crippen molar-refractivity contribution in [3.05, 3.63) is 29.8 Å². The minimum Gasteiger partial charge on any atom is -0.224 e. The zero-order chi connectivity index (χ0) is 12.0. The monoisotopic (exact) mass is 304 g/mol. The number of halogens is 1. The molecular weight excluding hydrogens is 288 g/mol. The van der Waals surface area contributed by atoms with Gasteiger partial charge in [-0.05, 0) is 31.9 Å². The number of hydrogen-bond donors (Lipinski definition) is 0. The first kappa shape index (κ1) is 13.7. The summed E-state index contributed by atoms with van der Waals surface area (Å²) < 4.78 is 23.8. The lowest BCUT2D eigenvalue weighted by Crippen LogP contribution is -2.06. The third-order valence-electron chi connectivity index (χ3n) is 2.43. The van der Waals surface area contributed by atoms with Crippen molar-refractivity contribution in [3.8, 4) is 0 Å². The Morgan fingerprint density at radius 3 is 2.25 bits per heavy atom. The molecule has 0 aliphatic carbocycles. The number of unbranched alkanes of at least 4 members (excludes halogenated alkanes) is 2. The van der Waals surface area contributed by atoms with E-state index < -0.39 is 9.84 Å². The summed E-state index contributed by atoms with van der Waals surface area (Å²) in [7, 11) is -3.07. The SMILES string of the molecule is Cc1ccc(S(=O)(=O)CCCCCBr)cc1. The lowest BCUT2D eigenvalue weighted by Gasteiger charge is -2.04. The predicted molar refractivity (Wildman–Crippen MR) is 70.9 cm³/mol. The molecule has 2 nitrogen and oxygen atoms in total. The summed E-state index contributed by atoms with van der Waals surface area (Å²) in [5.74, 6) is 0.253. The van der Waals surface area contributed by atoms with E-state index in [9.17, 15) is 8.42 Å². The summed E-state index contributed by atoms with van der Waals surface area (Å²) in [5.41, 5.74) is 1.08. The van der Waals surface area contributed by atoms with Gasteiger partial charge in [-0.25, -0.2) is 8.42 Å². The summed E-state index contributed by atoms with van der Waals surface area (Å²) in [5, 5.41) is 0.942. The van der Waals surface area contributed by atoms with Crippen LogP contribution < -0.4 is 0 Å². The van der Waals surface area contributed by atoms with Crippen molar-refractivity contribution in [1.82, 2.24) is 0 Å². The number of hydrogen-bond acceptors (Lipinski definition) is 2. The summed E-state index contributed by atoms with van der Waals surface area (Å²) in [6, 6.07) is 7.06. The number of aryl methyl sites for hydroxylation is 1. The molecule has 90 valence electrons. The molecule has 0 unspecified atom stereocenters. The van der Waals surface area contributed by atoms with E-state index >= 15 is 0 Å². The first-order valence-corrected chi connectivity index (χ1v) is 8.19. The van der Waals surface area contributed by atoms with Gasteiger partial charge >= 0.3 is 0 Å². The van der Waals surface area contributed by atoms with Crippen LogP contribution in [0.1, 0.15) is 24.8 Å². The van der Waals surface area contributed by atoms with E-state index in [0.717, 1.165) is 30.2 Å². The molecule has 0 spiro atoms. The molecule has 0 amide bonds. The lowest BCUT2D eigenvalue weighted by atomic mass is 10.2. The Morgan fingerprint density at radius 1 is 1.06 bits per heavy atom. The highest BCUT2D eigenvalue weighted by molar-refractivity contribution is 9.09. The fourth-order valence-corrected chi connectivity index (χ4v) is 3.19. The molecule has 0 fully saturated rings. The number of benzene rings is 1. The minimum atomic E-state index is -3.07. The number of rotatable bonds is 6. The van der Waals surface area contributed by atoms with E-state index in [0.29, 0.717) is 4.90 Å². The Hall–Kier alpha value is -0.350. The molecule has 0 atom stereocenters. The Kier molecular flexibility index (Phi) is 5.49. The molecule has 1 rings (SSSR count). The van der Waals surface area contributed by atoms with Crippen molar-refractivity contribution in [3.63, 3.8) is 0 Å². The van der Waals surface area contributed by atoms with Crippen LogP contribution in [0.4, 0.5) is 0 Å². The van der Waals surface area contributed by atoms with Crippen LogP contribution in [-0.2, 0) is 9.84 Å². The standard InChI is InChI=1S/C12H17BrO2S/c1-11-5-7-12(8-6-11)16(14,15)10-4-2-3-9-13/h5-8H,2-4,9-10H2,1H3. The first-order valence-electron chi connectivity index (χ1n) is 5.41. The van der Waals surface area contributed by atoms with Gasteiger partial charge in [0.2, 0.25) is 0 Å². The molecule has 4 heteroatoms. The van der Waals surface area contributed by atoms with Gasteiger partial charge in [-0.1, -0.05) is 40.0 Å². The van der Waals surface area contributed by atoms with Crippen LogP contribution in [0.5, 0.6) is 0 Å². The zero-order valence-electron chi connectivity index (χ0n) is 9.45. The summed E-state index contributed by atoms with van der Waals surface area (Å²) >= 11 is 3.33. The van der Waals surface area contributed by atoms with Crippen molar-refractivity contribution in [2.45, 2.75) is 31.1 Å².